The predicted molar refractivity (Wildman–Crippen MR) is 71.6 cm³/mol. The second-order valence-electron chi connectivity index (χ2n) is 3.47. The Balaban J connectivity index is 2.08. The molecule has 0 aliphatic heterocycles. The highest BCUT2D eigenvalue weighted by Crippen LogP contribution is 2.29. The summed E-state index contributed by atoms with van der Waals surface area (Å²) >= 11 is 5.13. The van der Waals surface area contributed by atoms with E-state index < -0.39 is 0 Å². The summed E-state index contributed by atoms with van der Waals surface area (Å²) in [5.74, 6) is 1.82. The molecule has 2 N–H and O–H groups in total. The third-order valence-electron chi connectivity index (χ3n) is 2.30. The number of anilines is 1. The van der Waals surface area contributed by atoms with Crippen LogP contribution in [0.5, 0.6) is 0 Å². The van der Waals surface area contributed by atoms with E-state index in [4.69, 9.17) is 10.2 Å². The molecule has 4 heteroatoms. The van der Waals surface area contributed by atoms with E-state index in [1.54, 1.807) is 18.0 Å². The molecule has 1 aromatic carbocycles. The van der Waals surface area contributed by atoms with E-state index in [0.717, 1.165) is 27.2 Å². The van der Waals surface area contributed by atoms with Crippen LogP contribution in [0.15, 0.2) is 44.3 Å². The van der Waals surface area contributed by atoms with Gasteiger partial charge in [0.25, 0.3) is 0 Å². The van der Waals surface area contributed by atoms with Crippen LogP contribution in [0.3, 0.4) is 0 Å². The fourth-order valence-electron chi connectivity index (χ4n) is 1.38. The predicted octanol–water partition coefficient (Wildman–Crippen LogP) is 4.23. The molecule has 16 heavy (non-hydrogen) atoms. The number of halogens is 1. The van der Waals surface area contributed by atoms with Crippen LogP contribution in [0.1, 0.15) is 11.3 Å². The van der Waals surface area contributed by atoms with Crippen molar-refractivity contribution in [3.8, 4) is 0 Å². The summed E-state index contributed by atoms with van der Waals surface area (Å²) in [6.45, 7) is 1.97. The summed E-state index contributed by atoms with van der Waals surface area (Å²) in [6, 6.07) is 7.96. The molecule has 0 amide bonds. The second-order valence-corrected chi connectivity index (χ2v) is 5.41. The summed E-state index contributed by atoms with van der Waals surface area (Å²) in [7, 11) is 0. The van der Waals surface area contributed by atoms with Gasteiger partial charge in [0.2, 0.25) is 0 Å². The lowest BCUT2D eigenvalue weighted by Crippen LogP contribution is -1.92. The van der Waals surface area contributed by atoms with E-state index in [2.05, 4.69) is 15.9 Å². The maximum atomic E-state index is 5.93. The van der Waals surface area contributed by atoms with Crippen molar-refractivity contribution in [2.24, 2.45) is 0 Å². The molecule has 0 aliphatic carbocycles. The van der Waals surface area contributed by atoms with Gasteiger partial charge in [0.1, 0.15) is 5.76 Å². The summed E-state index contributed by atoms with van der Waals surface area (Å²) in [5.41, 5.74) is 7.90. The van der Waals surface area contributed by atoms with Gasteiger partial charge in [-0.1, -0.05) is 22.0 Å². The average Bonchev–Trinajstić information content (AvgIpc) is 2.63. The molecule has 2 rings (SSSR count). The zero-order chi connectivity index (χ0) is 11.5. The Hall–Kier alpha value is -0.870. The van der Waals surface area contributed by atoms with Gasteiger partial charge in [-0.15, -0.1) is 11.8 Å². The first-order valence-electron chi connectivity index (χ1n) is 4.87. The molecular weight excluding hydrogens is 286 g/mol. The molecule has 0 saturated heterocycles. The fourth-order valence-corrected chi connectivity index (χ4v) is 2.73. The Morgan fingerprint density at radius 1 is 1.38 bits per heavy atom. The highest BCUT2D eigenvalue weighted by Gasteiger charge is 2.04. The molecule has 1 heterocycles. The number of rotatable bonds is 3. The maximum absolute atomic E-state index is 5.93. The van der Waals surface area contributed by atoms with Crippen LogP contribution in [-0.4, -0.2) is 0 Å². The van der Waals surface area contributed by atoms with Crippen molar-refractivity contribution in [1.29, 1.82) is 0 Å². The van der Waals surface area contributed by atoms with Gasteiger partial charge in [-0.2, -0.15) is 0 Å². The molecule has 84 valence electrons. The molecular formula is C12H12BrNOS. The minimum Gasteiger partial charge on any atom is -0.468 e. The number of nitrogen functional groups attached to an aromatic ring is 1. The van der Waals surface area contributed by atoms with E-state index in [9.17, 15) is 0 Å². The lowest BCUT2D eigenvalue weighted by atomic mass is 10.2. The Labute approximate surface area is 107 Å². The van der Waals surface area contributed by atoms with Gasteiger partial charge in [0, 0.05) is 20.8 Å². The van der Waals surface area contributed by atoms with Crippen LogP contribution >= 0.6 is 27.7 Å². The number of nitrogens with two attached hydrogens (primary N) is 1. The lowest BCUT2D eigenvalue weighted by Gasteiger charge is -2.05. The van der Waals surface area contributed by atoms with Crippen molar-refractivity contribution in [3.05, 3.63) is 46.3 Å². The fraction of sp³-hybridized carbons (Fsp3) is 0.167. The third-order valence-corrected chi connectivity index (χ3v) is 3.99. The van der Waals surface area contributed by atoms with Gasteiger partial charge in [0.15, 0.2) is 0 Å². The van der Waals surface area contributed by atoms with E-state index in [0.29, 0.717) is 0 Å². The average molecular weight is 298 g/mol. The molecule has 1 aromatic heterocycles. The van der Waals surface area contributed by atoms with Crippen molar-refractivity contribution in [1.82, 2.24) is 0 Å². The minimum absolute atomic E-state index is 0.822. The molecule has 0 unspecified atom stereocenters. The summed E-state index contributed by atoms with van der Waals surface area (Å²) in [5, 5.41) is 0. The van der Waals surface area contributed by atoms with Crippen molar-refractivity contribution in [3.63, 3.8) is 0 Å². The smallest absolute Gasteiger partial charge is 0.114 e. The minimum atomic E-state index is 0.822. The van der Waals surface area contributed by atoms with E-state index in [1.807, 2.05) is 31.2 Å². The van der Waals surface area contributed by atoms with Gasteiger partial charge >= 0.3 is 0 Å². The molecule has 0 saturated carbocycles. The highest BCUT2D eigenvalue weighted by molar-refractivity contribution is 9.10. The normalized spacial score (nSPS) is 10.6. The summed E-state index contributed by atoms with van der Waals surface area (Å²) in [4.78, 5) is 1.17. The van der Waals surface area contributed by atoms with Gasteiger partial charge in [-0.25, -0.2) is 0 Å². The zero-order valence-electron chi connectivity index (χ0n) is 8.87. The molecule has 0 fully saturated rings. The van der Waals surface area contributed by atoms with Crippen molar-refractivity contribution in [2.75, 3.05) is 5.73 Å². The van der Waals surface area contributed by atoms with Crippen molar-refractivity contribution < 1.29 is 4.42 Å². The largest absolute Gasteiger partial charge is 0.468 e. The van der Waals surface area contributed by atoms with Gasteiger partial charge in [0.05, 0.1) is 6.26 Å². The molecule has 2 nitrogen and oxygen atoms in total. The van der Waals surface area contributed by atoms with Gasteiger partial charge < -0.3 is 10.2 Å². The third kappa shape index (κ3) is 2.62. The van der Waals surface area contributed by atoms with E-state index in [1.165, 1.54) is 4.90 Å². The SMILES string of the molecule is Cc1occc1SCc1ccc(Br)cc1N. The number of hydrogen-bond acceptors (Lipinski definition) is 3. The molecule has 0 radical (unpaired) electrons. The van der Waals surface area contributed by atoms with Crippen molar-refractivity contribution >= 4 is 33.4 Å². The first-order chi connectivity index (χ1) is 7.66. The quantitative estimate of drug-likeness (QED) is 0.681. The maximum Gasteiger partial charge on any atom is 0.114 e. The van der Waals surface area contributed by atoms with Crippen LogP contribution in [0.4, 0.5) is 5.69 Å². The molecule has 0 aliphatic rings. The summed E-state index contributed by atoms with van der Waals surface area (Å²) in [6.07, 6.45) is 1.71. The Morgan fingerprint density at radius 3 is 2.81 bits per heavy atom. The van der Waals surface area contributed by atoms with Crippen LogP contribution < -0.4 is 5.73 Å². The van der Waals surface area contributed by atoms with E-state index in [-0.39, 0.29) is 0 Å². The molecule has 0 atom stereocenters. The van der Waals surface area contributed by atoms with Crippen LogP contribution in [0, 0.1) is 6.92 Å². The standard InChI is InChI=1S/C12H12BrNOS/c1-8-12(4-5-15-8)16-7-9-2-3-10(13)6-11(9)14/h2-6H,7,14H2,1H3. The molecule has 0 bridgehead atoms. The molecule has 0 spiro atoms. The molecule has 2 aromatic rings. The van der Waals surface area contributed by atoms with Crippen LogP contribution in [0.2, 0.25) is 0 Å². The van der Waals surface area contributed by atoms with Crippen LogP contribution in [-0.2, 0) is 5.75 Å². The van der Waals surface area contributed by atoms with E-state index >= 15 is 0 Å². The Kier molecular flexibility index (Phi) is 3.61. The first kappa shape index (κ1) is 11.6. The first-order valence-corrected chi connectivity index (χ1v) is 6.65. The number of thioether (sulfide) groups is 1. The number of benzene rings is 1. The topological polar surface area (TPSA) is 39.2 Å². The number of aryl methyl sites for hydroxylation is 1. The van der Waals surface area contributed by atoms with Crippen molar-refractivity contribution in [2.45, 2.75) is 17.6 Å². The summed E-state index contributed by atoms with van der Waals surface area (Å²) < 4.78 is 6.25. The second kappa shape index (κ2) is 4.97. The number of furan rings is 1. The Morgan fingerprint density at radius 2 is 2.19 bits per heavy atom. The number of hydrogen-bond donors (Lipinski definition) is 1. The zero-order valence-corrected chi connectivity index (χ0v) is 11.3. The van der Waals surface area contributed by atoms with Crippen LogP contribution in [0.25, 0.3) is 0 Å². The lowest BCUT2D eigenvalue weighted by molar-refractivity contribution is 0.527. The highest BCUT2D eigenvalue weighted by atomic mass is 79.9. The van der Waals surface area contributed by atoms with Gasteiger partial charge in [-0.3, -0.25) is 0 Å². The monoisotopic (exact) mass is 297 g/mol. The Bertz CT molecular complexity index is 496. The van der Waals surface area contributed by atoms with Gasteiger partial charge in [-0.05, 0) is 30.7 Å².